The zero-order chi connectivity index (χ0) is 11.8. The topological polar surface area (TPSA) is 37.4 Å². The Morgan fingerprint density at radius 1 is 1.12 bits per heavy atom. The number of anilines is 1. The van der Waals surface area contributed by atoms with Crippen LogP contribution in [0.15, 0.2) is 18.2 Å². The van der Waals surface area contributed by atoms with E-state index in [9.17, 15) is 8.42 Å². The molecule has 1 fully saturated rings. The lowest BCUT2D eigenvalue weighted by Crippen LogP contribution is -2.40. The van der Waals surface area contributed by atoms with Crippen LogP contribution in [0.25, 0.3) is 0 Å². The second kappa shape index (κ2) is 4.09. The van der Waals surface area contributed by atoms with E-state index in [1.165, 1.54) is 16.8 Å². The van der Waals surface area contributed by atoms with E-state index >= 15 is 0 Å². The molecule has 1 aliphatic heterocycles. The predicted octanol–water partition coefficient (Wildman–Crippen LogP) is 1.54. The summed E-state index contributed by atoms with van der Waals surface area (Å²) < 4.78 is 22.7. The van der Waals surface area contributed by atoms with Gasteiger partial charge >= 0.3 is 0 Å². The molecule has 16 heavy (non-hydrogen) atoms. The maximum atomic E-state index is 11.4. The van der Waals surface area contributed by atoms with Gasteiger partial charge in [-0.15, -0.1) is 0 Å². The van der Waals surface area contributed by atoms with Gasteiger partial charge in [0.2, 0.25) is 0 Å². The minimum absolute atomic E-state index is 0.278. The summed E-state index contributed by atoms with van der Waals surface area (Å²) in [6.07, 6.45) is 0. The standard InChI is InChI=1S/C12H17NO2S/c1-10-3-4-11(2)12(9-10)13-5-7-16(14,15)8-6-13/h3-4,9H,5-8H2,1-2H3. The summed E-state index contributed by atoms with van der Waals surface area (Å²) in [6, 6.07) is 6.31. The summed E-state index contributed by atoms with van der Waals surface area (Å²) in [4.78, 5) is 2.17. The van der Waals surface area contributed by atoms with Crippen LogP contribution in [-0.2, 0) is 9.84 Å². The monoisotopic (exact) mass is 239 g/mol. The van der Waals surface area contributed by atoms with Crippen LogP contribution in [0, 0.1) is 13.8 Å². The van der Waals surface area contributed by atoms with Crippen molar-refractivity contribution in [2.24, 2.45) is 0 Å². The van der Waals surface area contributed by atoms with E-state index < -0.39 is 9.84 Å². The molecule has 88 valence electrons. The molecule has 0 atom stereocenters. The van der Waals surface area contributed by atoms with Gasteiger partial charge in [0.1, 0.15) is 0 Å². The predicted molar refractivity (Wildman–Crippen MR) is 66.8 cm³/mol. The summed E-state index contributed by atoms with van der Waals surface area (Å²) in [6.45, 7) is 5.36. The Morgan fingerprint density at radius 3 is 2.38 bits per heavy atom. The molecule has 0 bridgehead atoms. The molecule has 0 unspecified atom stereocenters. The maximum Gasteiger partial charge on any atom is 0.153 e. The van der Waals surface area contributed by atoms with E-state index in [2.05, 4.69) is 36.9 Å². The summed E-state index contributed by atoms with van der Waals surface area (Å²) in [5.74, 6) is 0.556. The Balaban J connectivity index is 2.23. The number of rotatable bonds is 1. The van der Waals surface area contributed by atoms with Gasteiger partial charge in [-0.2, -0.15) is 0 Å². The highest BCUT2D eigenvalue weighted by atomic mass is 32.2. The zero-order valence-electron chi connectivity index (χ0n) is 9.73. The molecule has 0 radical (unpaired) electrons. The van der Waals surface area contributed by atoms with Gasteiger partial charge in [-0.25, -0.2) is 8.42 Å². The Hall–Kier alpha value is -1.03. The zero-order valence-corrected chi connectivity index (χ0v) is 10.5. The minimum Gasteiger partial charge on any atom is -0.369 e. The van der Waals surface area contributed by atoms with Gasteiger partial charge in [0, 0.05) is 18.8 Å². The largest absolute Gasteiger partial charge is 0.369 e. The lowest BCUT2D eigenvalue weighted by atomic mass is 10.1. The van der Waals surface area contributed by atoms with Crippen molar-refractivity contribution in [1.82, 2.24) is 0 Å². The number of hydrogen-bond acceptors (Lipinski definition) is 3. The first-order valence-corrected chi connectivity index (χ1v) is 7.33. The van der Waals surface area contributed by atoms with Crippen LogP contribution in [0.4, 0.5) is 5.69 Å². The number of hydrogen-bond donors (Lipinski definition) is 0. The molecule has 1 aliphatic rings. The highest BCUT2D eigenvalue weighted by Gasteiger charge is 2.22. The smallest absolute Gasteiger partial charge is 0.153 e. The first kappa shape index (κ1) is 11.5. The van der Waals surface area contributed by atoms with Crippen molar-refractivity contribution in [3.63, 3.8) is 0 Å². The lowest BCUT2D eigenvalue weighted by Gasteiger charge is -2.30. The molecule has 0 aliphatic carbocycles. The number of aryl methyl sites for hydroxylation is 2. The van der Waals surface area contributed by atoms with Crippen molar-refractivity contribution in [2.75, 3.05) is 29.5 Å². The molecule has 1 heterocycles. The van der Waals surface area contributed by atoms with Gasteiger partial charge in [-0.1, -0.05) is 12.1 Å². The van der Waals surface area contributed by atoms with Gasteiger partial charge in [-0.3, -0.25) is 0 Å². The van der Waals surface area contributed by atoms with Crippen LogP contribution in [-0.4, -0.2) is 33.0 Å². The molecule has 0 spiro atoms. The number of nitrogens with zero attached hydrogens (tertiary/aromatic N) is 1. The van der Waals surface area contributed by atoms with Crippen molar-refractivity contribution in [3.05, 3.63) is 29.3 Å². The third-order valence-electron chi connectivity index (χ3n) is 3.05. The molecule has 3 nitrogen and oxygen atoms in total. The molecular weight excluding hydrogens is 222 g/mol. The number of benzene rings is 1. The molecule has 0 N–H and O–H groups in total. The molecule has 0 aromatic heterocycles. The lowest BCUT2D eigenvalue weighted by molar-refractivity contribution is 0.586. The number of sulfone groups is 1. The summed E-state index contributed by atoms with van der Waals surface area (Å²) >= 11 is 0. The Labute approximate surface area is 97.0 Å². The van der Waals surface area contributed by atoms with Crippen molar-refractivity contribution in [2.45, 2.75) is 13.8 Å². The van der Waals surface area contributed by atoms with Gasteiger partial charge in [0.25, 0.3) is 0 Å². The van der Waals surface area contributed by atoms with E-state index in [0.717, 1.165) is 0 Å². The van der Waals surface area contributed by atoms with Crippen LogP contribution in [0.2, 0.25) is 0 Å². The van der Waals surface area contributed by atoms with E-state index in [-0.39, 0.29) is 11.5 Å². The fourth-order valence-corrected chi connectivity index (χ4v) is 3.21. The van der Waals surface area contributed by atoms with Crippen molar-refractivity contribution >= 4 is 15.5 Å². The van der Waals surface area contributed by atoms with Crippen LogP contribution in [0.1, 0.15) is 11.1 Å². The van der Waals surface area contributed by atoms with Crippen LogP contribution in [0.3, 0.4) is 0 Å². The van der Waals surface area contributed by atoms with Crippen molar-refractivity contribution in [3.8, 4) is 0 Å². The molecule has 2 rings (SSSR count). The molecule has 4 heteroatoms. The third kappa shape index (κ3) is 2.38. The Morgan fingerprint density at radius 2 is 1.75 bits per heavy atom. The maximum absolute atomic E-state index is 11.4. The first-order chi connectivity index (χ1) is 7.48. The summed E-state index contributed by atoms with van der Waals surface area (Å²) in [5.41, 5.74) is 3.61. The average molecular weight is 239 g/mol. The van der Waals surface area contributed by atoms with E-state index in [1.54, 1.807) is 0 Å². The molecule has 0 saturated carbocycles. The van der Waals surface area contributed by atoms with Gasteiger partial charge < -0.3 is 4.90 Å². The van der Waals surface area contributed by atoms with Crippen LogP contribution < -0.4 is 4.90 Å². The summed E-state index contributed by atoms with van der Waals surface area (Å²) in [5, 5.41) is 0. The highest BCUT2D eigenvalue weighted by Crippen LogP contribution is 2.23. The van der Waals surface area contributed by atoms with E-state index in [0.29, 0.717) is 13.1 Å². The fourth-order valence-electron chi connectivity index (χ4n) is 2.01. The second-order valence-electron chi connectivity index (χ2n) is 4.43. The molecule has 0 amide bonds. The molecule has 1 saturated heterocycles. The highest BCUT2D eigenvalue weighted by molar-refractivity contribution is 7.91. The quantitative estimate of drug-likeness (QED) is 0.746. The minimum atomic E-state index is -2.79. The SMILES string of the molecule is Cc1ccc(C)c(N2CCS(=O)(=O)CC2)c1. The average Bonchev–Trinajstić information content (AvgIpc) is 2.22. The third-order valence-corrected chi connectivity index (χ3v) is 4.66. The van der Waals surface area contributed by atoms with Gasteiger partial charge in [0.05, 0.1) is 11.5 Å². The normalized spacial score (nSPS) is 19.8. The van der Waals surface area contributed by atoms with Crippen molar-refractivity contribution in [1.29, 1.82) is 0 Å². The van der Waals surface area contributed by atoms with Gasteiger partial charge in [0.15, 0.2) is 9.84 Å². The van der Waals surface area contributed by atoms with Gasteiger partial charge in [-0.05, 0) is 31.0 Å². The van der Waals surface area contributed by atoms with Crippen LogP contribution >= 0.6 is 0 Å². The fraction of sp³-hybridized carbons (Fsp3) is 0.500. The van der Waals surface area contributed by atoms with E-state index in [1.807, 2.05) is 0 Å². The molecule has 1 aromatic rings. The summed E-state index contributed by atoms with van der Waals surface area (Å²) in [7, 11) is -2.79. The van der Waals surface area contributed by atoms with E-state index in [4.69, 9.17) is 0 Å². The van der Waals surface area contributed by atoms with Crippen LogP contribution in [0.5, 0.6) is 0 Å². The molecule has 1 aromatic carbocycles. The second-order valence-corrected chi connectivity index (χ2v) is 6.73. The Bertz CT molecular complexity index is 480. The molecular formula is C12H17NO2S. The Kier molecular flexibility index (Phi) is 2.93. The van der Waals surface area contributed by atoms with Crippen molar-refractivity contribution < 1.29 is 8.42 Å². The first-order valence-electron chi connectivity index (χ1n) is 5.50.